The van der Waals surface area contributed by atoms with Crippen LogP contribution in [0.3, 0.4) is 0 Å². The van der Waals surface area contributed by atoms with Crippen LogP contribution in [-0.4, -0.2) is 38.5 Å². The number of nitrogens with two attached hydrogens (primary N) is 1. The zero-order chi connectivity index (χ0) is 14.0. The maximum absolute atomic E-state index is 12.7. The van der Waals surface area contributed by atoms with Crippen LogP contribution in [0, 0.1) is 6.92 Å². The topological polar surface area (TPSA) is 72.6 Å². The summed E-state index contributed by atoms with van der Waals surface area (Å²) in [5.74, 6) is 0. The van der Waals surface area contributed by atoms with E-state index in [1.807, 2.05) is 13.8 Å². The summed E-state index contributed by atoms with van der Waals surface area (Å²) in [7, 11) is -3.44. The number of thiophene rings is 1. The first-order valence-corrected chi connectivity index (χ1v) is 8.65. The normalized spacial score (nSPS) is 21.7. The highest BCUT2D eigenvalue weighted by atomic mass is 32.2. The van der Waals surface area contributed by atoms with Crippen LogP contribution >= 0.6 is 11.3 Å². The van der Waals surface area contributed by atoms with Gasteiger partial charge in [-0.15, -0.1) is 11.3 Å². The molecule has 1 aromatic heterocycles. The van der Waals surface area contributed by atoms with Crippen molar-refractivity contribution >= 4 is 21.4 Å². The molecule has 1 fully saturated rings. The van der Waals surface area contributed by atoms with E-state index in [1.165, 1.54) is 11.3 Å². The number of morpholine rings is 1. The number of hydrogen-bond donors (Lipinski definition) is 1. The van der Waals surface area contributed by atoms with E-state index in [-0.39, 0.29) is 6.04 Å². The predicted molar refractivity (Wildman–Crippen MR) is 75.7 cm³/mol. The summed E-state index contributed by atoms with van der Waals surface area (Å²) < 4.78 is 32.4. The smallest absolute Gasteiger partial charge is 0.244 e. The van der Waals surface area contributed by atoms with Gasteiger partial charge in [-0.1, -0.05) is 6.92 Å². The Kier molecular flexibility index (Phi) is 4.62. The number of aryl methyl sites for hydroxylation is 1. The maximum Gasteiger partial charge on any atom is 0.244 e. The molecule has 19 heavy (non-hydrogen) atoms. The van der Waals surface area contributed by atoms with Gasteiger partial charge >= 0.3 is 0 Å². The summed E-state index contributed by atoms with van der Waals surface area (Å²) in [6.45, 7) is 5.55. The van der Waals surface area contributed by atoms with Crippen LogP contribution in [-0.2, 0) is 21.3 Å². The molecule has 0 spiro atoms. The summed E-state index contributed by atoms with van der Waals surface area (Å²) in [5, 5.41) is 0. The molecule has 0 bridgehead atoms. The van der Waals surface area contributed by atoms with E-state index in [4.69, 9.17) is 10.5 Å². The van der Waals surface area contributed by atoms with Crippen molar-refractivity contribution in [1.82, 2.24) is 4.31 Å². The maximum atomic E-state index is 12.7. The molecule has 1 aliphatic rings. The molecular weight excluding hydrogens is 284 g/mol. The quantitative estimate of drug-likeness (QED) is 0.910. The van der Waals surface area contributed by atoms with Gasteiger partial charge in [-0.25, -0.2) is 8.42 Å². The van der Waals surface area contributed by atoms with Gasteiger partial charge < -0.3 is 10.5 Å². The van der Waals surface area contributed by atoms with Crippen molar-refractivity contribution in [1.29, 1.82) is 0 Å². The highest BCUT2D eigenvalue weighted by molar-refractivity contribution is 7.89. The lowest BCUT2D eigenvalue weighted by Crippen LogP contribution is -2.48. The summed E-state index contributed by atoms with van der Waals surface area (Å²) in [4.78, 5) is 2.11. The third kappa shape index (κ3) is 2.85. The number of hydrogen-bond acceptors (Lipinski definition) is 5. The molecular formula is C12H20N2O3S2. The van der Waals surface area contributed by atoms with E-state index in [0.29, 0.717) is 31.2 Å². The Balaban J connectivity index is 2.37. The average molecular weight is 304 g/mol. The highest BCUT2D eigenvalue weighted by Gasteiger charge is 2.34. The minimum atomic E-state index is -3.44. The molecule has 0 aliphatic carbocycles. The Morgan fingerprint density at radius 2 is 2.32 bits per heavy atom. The zero-order valence-electron chi connectivity index (χ0n) is 11.3. The van der Waals surface area contributed by atoms with Crippen LogP contribution in [0.1, 0.15) is 23.1 Å². The summed E-state index contributed by atoms with van der Waals surface area (Å²) in [6.07, 6.45) is 0.756. The SMILES string of the molecule is CCC1COCCN1S(=O)(=O)c1cc(CN)sc1C. The summed E-state index contributed by atoms with van der Waals surface area (Å²) in [6, 6.07) is 1.64. The molecule has 0 saturated carbocycles. The van der Waals surface area contributed by atoms with Crippen molar-refractivity contribution in [2.24, 2.45) is 5.73 Å². The van der Waals surface area contributed by atoms with Crippen LogP contribution < -0.4 is 5.73 Å². The van der Waals surface area contributed by atoms with Gasteiger partial charge in [-0.05, 0) is 19.4 Å². The lowest BCUT2D eigenvalue weighted by Gasteiger charge is -2.33. The number of sulfonamides is 1. The van der Waals surface area contributed by atoms with Gasteiger partial charge in [0.1, 0.15) is 0 Å². The van der Waals surface area contributed by atoms with Crippen molar-refractivity contribution in [2.75, 3.05) is 19.8 Å². The largest absolute Gasteiger partial charge is 0.378 e. The van der Waals surface area contributed by atoms with Gasteiger partial charge in [0.25, 0.3) is 0 Å². The number of nitrogens with zero attached hydrogens (tertiary/aromatic N) is 1. The van der Waals surface area contributed by atoms with Gasteiger partial charge in [0.15, 0.2) is 0 Å². The molecule has 2 N–H and O–H groups in total. The molecule has 0 amide bonds. The Morgan fingerprint density at radius 3 is 2.89 bits per heavy atom. The monoisotopic (exact) mass is 304 g/mol. The first-order chi connectivity index (χ1) is 9.00. The number of ether oxygens (including phenoxy) is 1. The molecule has 1 atom stereocenters. The average Bonchev–Trinajstić information content (AvgIpc) is 2.80. The van der Waals surface area contributed by atoms with E-state index < -0.39 is 10.0 Å². The highest BCUT2D eigenvalue weighted by Crippen LogP contribution is 2.30. The second kappa shape index (κ2) is 5.88. The van der Waals surface area contributed by atoms with Crippen molar-refractivity contribution < 1.29 is 13.2 Å². The molecule has 5 nitrogen and oxygen atoms in total. The second-order valence-electron chi connectivity index (χ2n) is 4.59. The van der Waals surface area contributed by atoms with Crippen molar-refractivity contribution in [3.05, 3.63) is 15.8 Å². The lowest BCUT2D eigenvalue weighted by molar-refractivity contribution is 0.0314. The van der Waals surface area contributed by atoms with E-state index in [1.54, 1.807) is 10.4 Å². The Bertz CT molecular complexity index is 539. The molecule has 1 aliphatic heterocycles. The fraction of sp³-hybridized carbons (Fsp3) is 0.667. The van der Waals surface area contributed by atoms with E-state index in [2.05, 4.69) is 0 Å². The molecule has 2 rings (SSSR count). The van der Waals surface area contributed by atoms with Gasteiger partial charge in [0, 0.05) is 28.9 Å². The fourth-order valence-electron chi connectivity index (χ4n) is 2.28. The molecule has 7 heteroatoms. The molecule has 2 heterocycles. The lowest BCUT2D eigenvalue weighted by atomic mass is 10.2. The molecule has 108 valence electrons. The van der Waals surface area contributed by atoms with Crippen LogP contribution in [0.4, 0.5) is 0 Å². The minimum absolute atomic E-state index is 0.0700. The standard InChI is InChI=1S/C12H20N2O3S2/c1-3-10-8-17-5-4-14(10)19(15,16)12-6-11(7-13)18-9(12)2/h6,10H,3-5,7-8,13H2,1-2H3. The second-order valence-corrected chi connectivity index (χ2v) is 7.79. The summed E-state index contributed by atoms with van der Waals surface area (Å²) >= 11 is 1.45. The molecule has 1 unspecified atom stereocenters. The minimum Gasteiger partial charge on any atom is -0.378 e. The van der Waals surface area contributed by atoms with E-state index in [0.717, 1.165) is 16.2 Å². The van der Waals surface area contributed by atoms with Crippen LogP contribution in [0.15, 0.2) is 11.0 Å². The van der Waals surface area contributed by atoms with Gasteiger partial charge in [-0.3, -0.25) is 0 Å². The number of rotatable bonds is 4. The Hall–Kier alpha value is -0.470. The Morgan fingerprint density at radius 1 is 1.58 bits per heavy atom. The van der Waals surface area contributed by atoms with Gasteiger partial charge in [0.05, 0.1) is 18.1 Å². The van der Waals surface area contributed by atoms with Gasteiger partial charge in [0.2, 0.25) is 10.0 Å². The van der Waals surface area contributed by atoms with Crippen molar-refractivity contribution in [2.45, 2.75) is 37.8 Å². The molecule has 1 saturated heterocycles. The van der Waals surface area contributed by atoms with E-state index in [9.17, 15) is 8.42 Å². The molecule has 0 aromatic carbocycles. The fourth-order valence-corrected chi connectivity index (χ4v) is 5.44. The third-order valence-electron chi connectivity index (χ3n) is 3.36. The van der Waals surface area contributed by atoms with Crippen LogP contribution in [0.25, 0.3) is 0 Å². The van der Waals surface area contributed by atoms with Crippen molar-refractivity contribution in [3.63, 3.8) is 0 Å². The first-order valence-electron chi connectivity index (χ1n) is 6.39. The van der Waals surface area contributed by atoms with Gasteiger partial charge in [-0.2, -0.15) is 4.31 Å². The zero-order valence-corrected chi connectivity index (χ0v) is 12.9. The Labute approximate surface area is 118 Å². The molecule has 0 radical (unpaired) electrons. The van der Waals surface area contributed by atoms with E-state index >= 15 is 0 Å². The third-order valence-corrected chi connectivity index (χ3v) is 6.64. The van der Waals surface area contributed by atoms with Crippen LogP contribution in [0.2, 0.25) is 0 Å². The molecule has 1 aromatic rings. The first kappa shape index (κ1) is 14.9. The van der Waals surface area contributed by atoms with Crippen LogP contribution in [0.5, 0.6) is 0 Å². The van der Waals surface area contributed by atoms with Crippen molar-refractivity contribution in [3.8, 4) is 0 Å². The predicted octanol–water partition coefficient (Wildman–Crippen LogP) is 1.31. The summed E-state index contributed by atoms with van der Waals surface area (Å²) in [5.41, 5.74) is 5.59.